The van der Waals surface area contributed by atoms with Crippen molar-refractivity contribution in [1.29, 1.82) is 0 Å². The average molecular weight is 222 g/mol. The largest absolute Gasteiger partial charge is 0.378 e. The van der Waals surface area contributed by atoms with Gasteiger partial charge in [0.05, 0.1) is 13.2 Å². The van der Waals surface area contributed by atoms with Crippen LogP contribution in [0.2, 0.25) is 0 Å². The van der Waals surface area contributed by atoms with Gasteiger partial charge in [0.25, 0.3) is 0 Å². The summed E-state index contributed by atoms with van der Waals surface area (Å²) in [5.41, 5.74) is 0. The first kappa shape index (κ1) is 9.49. The van der Waals surface area contributed by atoms with Crippen molar-refractivity contribution in [2.75, 3.05) is 31.6 Å². The van der Waals surface area contributed by atoms with Crippen LogP contribution in [0.15, 0.2) is 0 Å². The van der Waals surface area contributed by atoms with E-state index in [9.17, 15) is 0 Å². The van der Waals surface area contributed by atoms with Gasteiger partial charge in [0.2, 0.25) is 0 Å². The SMILES string of the molecule is CCCN1CCOCC1CBr. The molecule has 1 heterocycles. The van der Waals surface area contributed by atoms with E-state index in [4.69, 9.17) is 4.74 Å². The van der Waals surface area contributed by atoms with E-state index in [2.05, 4.69) is 27.8 Å². The molecule has 0 spiro atoms. The molecule has 2 nitrogen and oxygen atoms in total. The van der Waals surface area contributed by atoms with Crippen molar-refractivity contribution in [3.05, 3.63) is 0 Å². The molecule has 0 saturated carbocycles. The zero-order valence-electron chi connectivity index (χ0n) is 7.05. The van der Waals surface area contributed by atoms with E-state index in [1.807, 2.05) is 0 Å². The van der Waals surface area contributed by atoms with E-state index in [-0.39, 0.29) is 0 Å². The Kier molecular flexibility index (Phi) is 4.41. The van der Waals surface area contributed by atoms with Crippen molar-refractivity contribution in [1.82, 2.24) is 4.90 Å². The number of ether oxygens (including phenoxy) is 1. The second-order valence-corrected chi connectivity index (χ2v) is 3.57. The van der Waals surface area contributed by atoms with E-state index in [0.29, 0.717) is 6.04 Å². The minimum Gasteiger partial charge on any atom is -0.378 e. The lowest BCUT2D eigenvalue weighted by Gasteiger charge is -2.34. The molecule has 0 aromatic rings. The molecule has 0 bridgehead atoms. The summed E-state index contributed by atoms with van der Waals surface area (Å²) in [6.07, 6.45) is 1.24. The zero-order chi connectivity index (χ0) is 8.10. The smallest absolute Gasteiger partial charge is 0.0630 e. The maximum atomic E-state index is 5.38. The Labute approximate surface area is 77.0 Å². The van der Waals surface area contributed by atoms with Crippen LogP contribution in [0.5, 0.6) is 0 Å². The third-order valence-electron chi connectivity index (χ3n) is 2.04. The lowest BCUT2D eigenvalue weighted by atomic mass is 10.2. The van der Waals surface area contributed by atoms with Gasteiger partial charge in [-0.2, -0.15) is 0 Å². The van der Waals surface area contributed by atoms with Gasteiger partial charge in [-0.25, -0.2) is 0 Å². The van der Waals surface area contributed by atoms with Gasteiger partial charge in [0.1, 0.15) is 0 Å². The molecule has 1 saturated heterocycles. The van der Waals surface area contributed by atoms with Gasteiger partial charge in [-0.1, -0.05) is 22.9 Å². The lowest BCUT2D eigenvalue weighted by molar-refractivity contribution is 0.00213. The molecule has 1 aliphatic heterocycles. The van der Waals surface area contributed by atoms with Gasteiger partial charge >= 0.3 is 0 Å². The molecule has 0 aliphatic carbocycles. The molecular formula is C8H16BrNO. The van der Waals surface area contributed by atoms with Crippen LogP contribution in [0.1, 0.15) is 13.3 Å². The first-order chi connectivity index (χ1) is 5.38. The first-order valence-electron chi connectivity index (χ1n) is 4.26. The topological polar surface area (TPSA) is 12.5 Å². The highest BCUT2D eigenvalue weighted by Crippen LogP contribution is 2.09. The van der Waals surface area contributed by atoms with Crippen LogP contribution in [0.3, 0.4) is 0 Å². The summed E-state index contributed by atoms with van der Waals surface area (Å²) < 4.78 is 5.38. The fourth-order valence-corrected chi connectivity index (χ4v) is 2.01. The molecule has 66 valence electrons. The Balaban J connectivity index is 2.31. The zero-order valence-corrected chi connectivity index (χ0v) is 8.64. The molecule has 1 unspecified atom stereocenters. The molecule has 11 heavy (non-hydrogen) atoms. The number of alkyl halides is 1. The number of hydrogen-bond acceptors (Lipinski definition) is 2. The second kappa shape index (κ2) is 5.12. The van der Waals surface area contributed by atoms with Gasteiger partial charge in [-0.15, -0.1) is 0 Å². The summed E-state index contributed by atoms with van der Waals surface area (Å²) in [6.45, 7) is 6.33. The second-order valence-electron chi connectivity index (χ2n) is 2.92. The first-order valence-corrected chi connectivity index (χ1v) is 5.38. The van der Waals surface area contributed by atoms with E-state index in [1.165, 1.54) is 13.0 Å². The van der Waals surface area contributed by atoms with Crippen LogP contribution in [-0.4, -0.2) is 42.6 Å². The molecule has 0 amide bonds. The Morgan fingerprint density at radius 1 is 1.64 bits per heavy atom. The molecule has 1 rings (SSSR count). The number of morpholine rings is 1. The monoisotopic (exact) mass is 221 g/mol. The highest BCUT2D eigenvalue weighted by molar-refractivity contribution is 9.09. The molecule has 0 N–H and O–H groups in total. The predicted molar refractivity (Wildman–Crippen MR) is 50.3 cm³/mol. The predicted octanol–water partition coefficient (Wildman–Crippen LogP) is 1.49. The Morgan fingerprint density at radius 2 is 2.45 bits per heavy atom. The van der Waals surface area contributed by atoms with Gasteiger partial charge in [0, 0.05) is 17.9 Å². The van der Waals surface area contributed by atoms with Crippen molar-refractivity contribution in [2.45, 2.75) is 19.4 Å². The molecular weight excluding hydrogens is 206 g/mol. The molecule has 0 radical (unpaired) electrons. The maximum Gasteiger partial charge on any atom is 0.0630 e. The van der Waals surface area contributed by atoms with Crippen molar-refractivity contribution < 1.29 is 4.74 Å². The fourth-order valence-electron chi connectivity index (χ4n) is 1.41. The van der Waals surface area contributed by atoms with E-state index < -0.39 is 0 Å². The van der Waals surface area contributed by atoms with Crippen molar-refractivity contribution in [2.24, 2.45) is 0 Å². The van der Waals surface area contributed by atoms with Crippen molar-refractivity contribution in [3.8, 4) is 0 Å². The Bertz CT molecular complexity index is 108. The summed E-state index contributed by atoms with van der Waals surface area (Å²) in [5, 5.41) is 1.03. The molecule has 3 heteroatoms. The van der Waals surface area contributed by atoms with Gasteiger partial charge in [-0.05, 0) is 13.0 Å². The van der Waals surface area contributed by atoms with Crippen molar-refractivity contribution >= 4 is 15.9 Å². The summed E-state index contributed by atoms with van der Waals surface area (Å²) in [5.74, 6) is 0. The summed E-state index contributed by atoms with van der Waals surface area (Å²) in [6, 6.07) is 0.601. The molecule has 1 fully saturated rings. The summed E-state index contributed by atoms with van der Waals surface area (Å²) in [7, 11) is 0. The quantitative estimate of drug-likeness (QED) is 0.671. The highest BCUT2D eigenvalue weighted by atomic mass is 79.9. The number of rotatable bonds is 3. The van der Waals surface area contributed by atoms with Gasteiger partial charge in [-0.3, -0.25) is 4.90 Å². The third-order valence-corrected chi connectivity index (χ3v) is 2.79. The van der Waals surface area contributed by atoms with E-state index in [0.717, 1.165) is 25.1 Å². The Hall–Kier alpha value is 0.400. The molecule has 0 aromatic carbocycles. The maximum absolute atomic E-state index is 5.38. The van der Waals surface area contributed by atoms with Crippen LogP contribution >= 0.6 is 15.9 Å². The molecule has 1 aliphatic rings. The minimum absolute atomic E-state index is 0.601. The van der Waals surface area contributed by atoms with Gasteiger partial charge in [0.15, 0.2) is 0 Å². The van der Waals surface area contributed by atoms with E-state index >= 15 is 0 Å². The van der Waals surface area contributed by atoms with Crippen molar-refractivity contribution in [3.63, 3.8) is 0 Å². The fraction of sp³-hybridized carbons (Fsp3) is 1.00. The summed E-state index contributed by atoms with van der Waals surface area (Å²) in [4.78, 5) is 2.50. The summed E-state index contributed by atoms with van der Waals surface area (Å²) >= 11 is 3.50. The van der Waals surface area contributed by atoms with Crippen LogP contribution in [0.25, 0.3) is 0 Å². The number of hydrogen-bond donors (Lipinski definition) is 0. The minimum atomic E-state index is 0.601. The van der Waals surface area contributed by atoms with E-state index in [1.54, 1.807) is 0 Å². The lowest BCUT2D eigenvalue weighted by Crippen LogP contribution is -2.46. The van der Waals surface area contributed by atoms with Crippen LogP contribution in [-0.2, 0) is 4.74 Å². The average Bonchev–Trinajstić information content (AvgIpc) is 2.06. The molecule has 0 aromatic heterocycles. The number of halogens is 1. The normalized spacial score (nSPS) is 27.3. The number of nitrogens with zero attached hydrogens (tertiary/aromatic N) is 1. The molecule has 1 atom stereocenters. The van der Waals surface area contributed by atoms with Gasteiger partial charge < -0.3 is 4.74 Å². The third kappa shape index (κ3) is 2.73. The standard InChI is InChI=1S/C8H16BrNO/c1-2-3-10-4-5-11-7-8(10)6-9/h8H,2-7H2,1H3. The highest BCUT2D eigenvalue weighted by Gasteiger charge is 2.20. The Morgan fingerprint density at radius 3 is 3.09 bits per heavy atom. The van der Waals surface area contributed by atoms with Crippen LogP contribution in [0.4, 0.5) is 0 Å². The van der Waals surface area contributed by atoms with Crippen LogP contribution < -0.4 is 0 Å². The van der Waals surface area contributed by atoms with Crippen LogP contribution in [0, 0.1) is 0 Å².